The molecule has 2 aliphatic rings. The van der Waals surface area contributed by atoms with Gasteiger partial charge in [0, 0.05) is 24.2 Å². The summed E-state index contributed by atoms with van der Waals surface area (Å²) in [7, 11) is -1.48. The lowest BCUT2D eigenvalue weighted by atomic mass is 10.1. The van der Waals surface area contributed by atoms with Crippen molar-refractivity contribution in [3.8, 4) is 0 Å². The van der Waals surface area contributed by atoms with E-state index in [1.54, 1.807) is 6.20 Å². The Hall–Kier alpha value is -0.950. The Balaban J connectivity index is 1.73. The zero-order valence-corrected chi connectivity index (χ0v) is 18.7. The number of hydrogen-bond acceptors (Lipinski definition) is 5. The quantitative estimate of drug-likeness (QED) is 0.718. The fourth-order valence-corrected chi connectivity index (χ4v) is 9.18. The third kappa shape index (κ3) is 5.15. The summed E-state index contributed by atoms with van der Waals surface area (Å²) in [6.07, 6.45) is 4.20. The summed E-state index contributed by atoms with van der Waals surface area (Å²) in [6, 6.07) is 5.69. The summed E-state index contributed by atoms with van der Waals surface area (Å²) in [5.74, 6) is 1.74. The molecule has 2 saturated heterocycles. The molecule has 0 N–H and O–H groups in total. The summed E-state index contributed by atoms with van der Waals surface area (Å²) >= 11 is 0. The van der Waals surface area contributed by atoms with Crippen LogP contribution in [0.2, 0.25) is 0 Å². The van der Waals surface area contributed by atoms with Gasteiger partial charge in [0.15, 0.2) is 0 Å². The topological polar surface area (TPSA) is 51.7 Å². The average Bonchev–Trinajstić information content (AvgIpc) is 2.67. The SMILES string of the molecule is CC(C)OCCN1CCC(S2(C(=O)c3ccccn3)CCOC(C)(C)C2)CC1. The van der Waals surface area contributed by atoms with Crippen LogP contribution in [0, 0.1) is 0 Å². The fraction of sp³-hybridized carbons (Fsp3) is 0.727. The van der Waals surface area contributed by atoms with E-state index >= 15 is 0 Å². The maximum atomic E-state index is 13.7. The second kappa shape index (κ2) is 9.24. The van der Waals surface area contributed by atoms with Crippen LogP contribution in [-0.2, 0) is 9.47 Å². The number of aromatic nitrogens is 1. The molecule has 1 aromatic heterocycles. The van der Waals surface area contributed by atoms with E-state index in [1.807, 2.05) is 18.2 Å². The molecule has 0 saturated carbocycles. The summed E-state index contributed by atoms with van der Waals surface area (Å²) < 4.78 is 11.7. The van der Waals surface area contributed by atoms with Crippen molar-refractivity contribution in [2.45, 2.75) is 57.5 Å². The largest absolute Gasteiger partial charge is 0.377 e. The van der Waals surface area contributed by atoms with Crippen molar-refractivity contribution in [1.82, 2.24) is 9.88 Å². The lowest BCUT2D eigenvalue weighted by Gasteiger charge is -2.53. The highest BCUT2D eigenvalue weighted by Crippen LogP contribution is 2.61. The monoisotopic (exact) mass is 408 g/mol. The van der Waals surface area contributed by atoms with Gasteiger partial charge in [-0.3, -0.25) is 9.78 Å². The van der Waals surface area contributed by atoms with E-state index < -0.39 is 10.0 Å². The maximum Gasteiger partial charge on any atom is 0.221 e. The van der Waals surface area contributed by atoms with Crippen LogP contribution in [0.15, 0.2) is 24.4 Å². The molecule has 0 bridgehead atoms. The predicted molar refractivity (Wildman–Crippen MR) is 116 cm³/mol. The first-order valence-corrected chi connectivity index (χ1v) is 12.6. The minimum absolute atomic E-state index is 0.236. The molecule has 3 heterocycles. The van der Waals surface area contributed by atoms with Crippen LogP contribution >= 0.6 is 10.0 Å². The van der Waals surface area contributed by atoms with Gasteiger partial charge in [-0.25, -0.2) is 0 Å². The van der Waals surface area contributed by atoms with Gasteiger partial charge < -0.3 is 14.4 Å². The lowest BCUT2D eigenvalue weighted by Crippen LogP contribution is -2.49. The molecular formula is C22H36N2O3S. The molecule has 6 heteroatoms. The van der Waals surface area contributed by atoms with Gasteiger partial charge in [0.1, 0.15) is 5.69 Å². The van der Waals surface area contributed by atoms with Gasteiger partial charge in [0.2, 0.25) is 5.12 Å². The van der Waals surface area contributed by atoms with Crippen molar-refractivity contribution in [2.24, 2.45) is 0 Å². The van der Waals surface area contributed by atoms with Gasteiger partial charge in [0.05, 0.1) is 24.9 Å². The van der Waals surface area contributed by atoms with Crippen molar-refractivity contribution in [1.29, 1.82) is 0 Å². The molecule has 0 spiro atoms. The van der Waals surface area contributed by atoms with Gasteiger partial charge in [-0.1, -0.05) is 6.07 Å². The number of pyridine rings is 1. The van der Waals surface area contributed by atoms with E-state index in [0.29, 0.717) is 22.7 Å². The van der Waals surface area contributed by atoms with Crippen molar-refractivity contribution in [3.63, 3.8) is 0 Å². The van der Waals surface area contributed by atoms with Gasteiger partial charge in [0.25, 0.3) is 0 Å². The molecule has 1 unspecified atom stereocenters. The molecule has 158 valence electrons. The minimum atomic E-state index is -1.48. The second-order valence-electron chi connectivity index (χ2n) is 8.86. The smallest absolute Gasteiger partial charge is 0.221 e. The molecule has 0 radical (unpaired) electrons. The summed E-state index contributed by atoms with van der Waals surface area (Å²) in [5, 5.41) is 0.763. The minimum Gasteiger partial charge on any atom is -0.377 e. The molecule has 0 aromatic carbocycles. The highest BCUT2D eigenvalue weighted by Gasteiger charge is 2.48. The van der Waals surface area contributed by atoms with Crippen molar-refractivity contribution in [2.75, 3.05) is 44.4 Å². The highest BCUT2D eigenvalue weighted by molar-refractivity contribution is 8.46. The Labute approximate surface area is 171 Å². The van der Waals surface area contributed by atoms with Crippen LogP contribution in [0.3, 0.4) is 0 Å². The van der Waals surface area contributed by atoms with Gasteiger partial charge in [-0.15, -0.1) is 0 Å². The van der Waals surface area contributed by atoms with Crippen LogP contribution in [0.25, 0.3) is 0 Å². The van der Waals surface area contributed by atoms with Crippen LogP contribution in [0.5, 0.6) is 0 Å². The van der Waals surface area contributed by atoms with Crippen molar-refractivity contribution in [3.05, 3.63) is 30.1 Å². The molecule has 28 heavy (non-hydrogen) atoms. The normalized spacial score (nSPS) is 28.8. The van der Waals surface area contributed by atoms with Crippen molar-refractivity contribution < 1.29 is 14.3 Å². The van der Waals surface area contributed by atoms with E-state index in [1.165, 1.54) is 0 Å². The number of hydrogen-bond donors (Lipinski definition) is 0. The molecule has 0 amide bonds. The highest BCUT2D eigenvalue weighted by atomic mass is 32.3. The Bertz CT molecular complexity index is 644. The maximum absolute atomic E-state index is 13.7. The number of ether oxygens (including phenoxy) is 2. The Kier molecular flexibility index (Phi) is 7.18. The number of rotatable bonds is 6. The molecule has 0 aliphatic carbocycles. The van der Waals surface area contributed by atoms with Crippen LogP contribution in [0.1, 0.15) is 51.0 Å². The fourth-order valence-electron chi connectivity index (χ4n) is 4.49. The molecule has 1 atom stereocenters. The van der Waals surface area contributed by atoms with Crippen LogP contribution in [-0.4, -0.2) is 76.3 Å². The van der Waals surface area contributed by atoms with Crippen LogP contribution < -0.4 is 0 Å². The van der Waals surface area contributed by atoms with E-state index in [0.717, 1.165) is 50.6 Å². The van der Waals surface area contributed by atoms with Gasteiger partial charge in [-0.05, 0) is 71.0 Å². The number of carbonyl (C=O) groups excluding carboxylic acids is 1. The standard InChI is InChI=1S/C22H36N2O3S/c1-18(2)26-14-13-24-11-8-19(9-12-24)28(16-15-27-22(3,4)17-28)21(25)20-7-5-6-10-23-20/h5-7,10,18-19H,8-9,11-17H2,1-4H3. The summed E-state index contributed by atoms with van der Waals surface area (Å²) in [5.41, 5.74) is 0.406. The Morgan fingerprint density at radius 3 is 2.71 bits per heavy atom. The molecule has 5 nitrogen and oxygen atoms in total. The molecule has 1 aromatic rings. The number of carbonyl (C=O) groups is 1. The Morgan fingerprint density at radius 1 is 1.36 bits per heavy atom. The lowest BCUT2D eigenvalue weighted by molar-refractivity contribution is 0.00279. The first kappa shape index (κ1) is 21.8. The summed E-state index contributed by atoms with van der Waals surface area (Å²) in [6.45, 7) is 13.0. The molecule has 3 rings (SSSR count). The first-order valence-electron chi connectivity index (χ1n) is 10.5. The summed E-state index contributed by atoms with van der Waals surface area (Å²) in [4.78, 5) is 20.6. The average molecular weight is 409 g/mol. The number of nitrogens with zero attached hydrogens (tertiary/aromatic N) is 2. The zero-order chi connectivity index (χ0) is 20.2. The van der Waals surface area contributed by atoms with Crippen molar-refractivity contribution >= 4 is 15.1 Å². The van der Waals surface area contributed by atoms with E-state index in [2.05, 4.69) is 37.6 Å². The van der Waals surface area contributed by atoms with Crippen LogP contribution in [0.4, 0.5) is 0 Å². The van der Waals surface area contributed by atoms with E-state index in [9.17, 15) is 4.79 Å². The third-order valence-electron chi connectivity index (χ3n) is 5.82. The molecule has 2 aliphatic heterocycles. The molecule has 2 fully saturated rings. The van der Waals surface area contributed by atoms with E-state index in [-0.39, 0.29) is 11.7 Å². The first-order chi connectivity index (χ1) is 13.3. The second-order valence-corrected chi connectivity index (χ2v) is 12.5. The Morgan fingerprint density at radius 2 is 2.11 bits per heavy atom. The third-order valence-corrected chi connectivity index (χ3v) is 10.6. The number of piperidine rings is 1. The molecular weight excluding hydrogens is 372 g/mol. The van der Waals surface area contributed by atoms with E-state index in [4.69, 9.17) is 9.47 Å². The van der Waals surface area contributed by atoms with Gasteiger partial charge in [-0.2, -0.15) is 10.0 Å². The predicted octanol–water partition coefficient (Wildman–Crippen LogP) is 3.72. The zero-order valence-electron chi connectivity index (χ0n) is 17.9. The van der Waals surface area contributed by atoms with Gasteiger partial charge >= 0.3 is 0 Å². The number of likely N-dealkylation sites (tertiary alicyclic amines) is 1.